The molecule has 14 heavy (non-hydrogen) atoms. The van der Waals surface area contributed by atoms with E-state index in [9.17, 15) is 8.42 Å². The quantitative estimate of drug-likeness (QED) is 0.580. The summed E-state index contributed by atoms with van der Waals surface area (Å²) in [7, 11) is -4.06. The molecule has 1 rings (SSSR count). The molecule has 0 aliphatic heterocycles. The van der Waals surface area contributed by atoms with Crippen LogP contribution >= 0.6 is 0 Å². The fraction of sp³-hybridized carbons (Fsp3) is 0.333. The molecule has 4 nitrogen and oxygen atoms in total. The first-order valence-corrected chi connectivity index (χ1v) is 5.81. The molecule has 0 heterocycles. The van der Waals surface area contributed by atoms with E-state index in [-0.39, 0.29) is 5.92 Å². The zero-order valence-electron chi connectivity index (χ0n) is 8.14. The molecule has 0 amide bonds. The van der Waals surface area contributed by atoms with Crippen LogP contribution in [0.1, 0.15) is 25.3 Å². The average Bonchev–Trinajstić information content (AvgIpc) is 2.01. The summed E-state index contributed by atoms with van der Waals surface area (Å²) < 4.78 is 30.9. The number of nitrogens with two attached hydrogens (primary N) is 1. The van der Waals surface area contributed by atoms with Crippen LogP contribution < -0.4 is 4.72 Å². The summed E-state index contributed by atoms with van der Waals surface area (Å²) >= 11 is 0. The molecule has 0 spiro atoms. The number of hydrogen-bond donors (Lipinski definition) is 2. The zero-order valence-corrected chi connectivity index (χ0v) is 8.95. The van der Waals surface area contributed by atoms with Crippen LogP contribution in [0.3, 0.4) is 0 Å². The molecule has 0 aliphatic carbocycles. The summed E-state index contributed by atoms with van der Waals surface area (Å²) in [5.41, 5.74) is 1.45. The fourth-order valence-electron chi connectivity index (χ4n) is 1.30. The third kappa shape index (κ3) is 3.10. The van der Waals surface area contributed by atoms with Gasteiger partial charge >= 0.3 is 10.3 Å². The van der Waals surface area contributed by atoms with Gasteiger partial charge in [0.15, 0.2) is 0 Å². The predicted octanol–water partition coefficient (Wildman–Crippen LogP) is 0.808. The molecular formula is C9H14NO3S+. The smallest absolute Gasteiger partial charge is 0.241 e. The molecule has 0 radical (unpaired) electrons. The third-order valence-electron chi connectivity index (χ3n) is 1.89. The van der Waals surface area contributed by atoms with Gasteiger partial charge in [-0.05, 0) is 5.92 Å². The molecule has 3 N–H and O–H groups in total. The highest BCUT2D eigenvalue weighted by molar-refractivity contribution is 7.79. The van der Waals surface area contributed by atoms with Gasteiger partial charge in [0.25, 0.3) is 0 Å². The van der Waals surface area contributed by atoms with Crippen LogP contribution in [0.5, 0.6) is 0 Å². The zero-order chi connectivity index (χ0) is 10.8. The van der Waals surface area contributed by atoms with Crippen LogP contribution in [0, 0.1) is 0 Å². The number of rotatable bonds is 3. The van der Waals surface area contributed by atoms with Crippen molar-refractivity contribution in [3.05, 3.63) is 29.8 Å². The molecule has 0 aromatic heterocycles. The van der Waals surface area contributed by atoms with Crippen molar-refractivity contribution in [2.45, 2.75) is 19.8 Å². The second-order valence-corrected chi connectivity index (χ2v) is 4.68. The first-order chi connectivity index (χ1) is 6.40. The van der Waals surface area contributed by atoms with Crippen molar-refractivity contribution in [3.8, 4) is 0 Å². The van der Waals surface area contributed by atoms with E-state index >= 15 is 0 Å². The van der Waals surface area contributed by atoms with Gasteiger partial charge in [-0.2, -0.15) is 4.72 Å². The van der Waals surface area contributed by atoms with E-state index in [0.29, 0.717) is 5.69 Å². The lowest BCUT2D eigenvalue weighted by molar-refractivity contribution is -0.407. The Morgan fingerprint density at radius 2 is 1.86 bits per heavy atom. The van der Waals surface area contributed by atoms with Crippen molar-refractivity contribution < 1.29 is 17.7 Å². The molecule has 0 atom stereocenters. The predicted molar refractivity (Wildman–Crippen MR) is 53.7 cm³/mol. The van der Waals surface area contributed by atoms with Gasteiger partial charge in [0, 0.05) is 11.6 Å². The second kappa shape index (κ2) is 4.08. The van der Waals surface area contributed by atoms with Gasteiger partial charge in [-0.15, -0.1) is 8.42 Å². The van der Waals surface area contributed by atoms with Gasteiger partial charge in [0.2, 0.25) is 0 Å². The van der Waals surface area contributed by atoms with Crippen LogP contribution in [0.4, 0.5) is 5.69 Å². The minimum Gasteiger partial charge on any atom is -0.241 e. The van der Waals surface area contributed by atoms with Crippen molar-refractivity contribution in [3.63, 3.8) is 0 Å². The van der Waals surface area contributed by atoms with Gasteiger partial charge in [0.1, 0.15) is 5.69 Å². The molecule has 0 unspecified atom stereocenters. The average molecular weight is 216 g/mol. The highest BCUT2D eigenvalue weighted by Crippen LogP contribution is 2.19. The SMILES string of the molecule is CC(C)c1ccccc1[NH2+]S(=O)(=O)O. The van der Waals surface area contributed by atoms with Crippen LogP contribution in [0.25, 0.3) is 0 Å². The lowest BCUT2D eigenvalue weighted by atomic mass is 10.0. The highest BCUT2D eigenvalue weighted by Gasteiger charge is 2.15. The maximum atomic E-state index is 10.7. The molecule has 78 valence electrons. The van der Waals surface area contributed by atoms with E-state index in [4.69, 9.17) is 4.55 Å². The van der Waals surface area contributed by atoms with Crippen molar-refractivity contribution in [1.82, 2.24) is 0 Å². The molecule has 1 aromatic rings. The van der Waals surface area contributed by atoms with E-state index in [0.717, 1.165) is 10.3 Å². The first kappa shape index (κ1) is 11.2. The maximum Gasteiger partial charge on any atom is 0.434 e. The third-order valence-corrected chi connectivity index (χ3v) is 2.45. The Morgan fingerprint density at radius 3 is 2.36 bits per heavy atom. The maximum absolute atomic E-state index is 10.7. The Balaban J connectivity index is 3.08. The topological polar surface area (TPSA) is 71.0 Å². The monoisotopic (exact) mass is 216 g/mol. The number of hydrogen-bond acceptors (Lipinski definition) is 2. The highest BCUT2D eigenvalue weighted by atomic mass is 32.2. The van der Waals surface area contributed by atoms with Crippen molar-refractivity contribution in [1.29, 1.82) is 0 Å². The summed E-state index contributed by atoms with van der Waals surface area (Å²) in [5.74, 6) is 0.226. The van der Waals surface area contributed by atoms with Crippen molar-refractivity contribution in [2.24, 2.45) is 0 Å². The van der Waals surface area contributed by atoms with E-state index in [1.165, 1.54) is 0 Å². The minimum absolute atomic E-state index is 0.226. The fourth-order valence-corrected chi connectivity index (χ4v) is 1.84. The second-order valence-electron chi connectivity index (χ2n) is 3.42. The lowest BCUT2D eigenvalue weighted by Gasteiger charge is -2.07. The largest absolute Gasteiger partial charge is 0.434 e. The van der Waals surface area contributed by atoms with Crippen molar-refractivity contribution >= 4 is 16.0 Å². The summed E-state index contributed by atoms with van der Waals surface area (Å²) in [6.45, 7) is 3.94. The molecule has 0 fully saturated rings. The summed E-state index contributed by atoms with van der Waals surface area (Å²) in [5, 5.41) is 0. The Kier molecular flexibility index (Phi) is 3.25. The van der Waals surface area contributed by atoms with Gasteiger partial charge < -0.3 is 0 Å². The Labute approximate surface area is 83.8 Å². The standard InChI is InChI=1S/C9H13NO3S/c1-7(2)8-5-3-4-6-9(8)10-14(11,12)13/h3-7,10H,1-2H3,(H,11,12,13)/p+1. The lowest BCUT2D eigenvalue weighted by Crippen LogP contribution is -2.81. The van der Waals surface area contributed by atoms with E-state index in [2.05, 4.69) is 0 Å². The molecule has 5 heteroatoms. The van der Waals surface area contributed by atoms with Crippen LogP contribution in [0.15, 0.2) is 24.3 Å². The molecule has 0 saturated heterocycles. The van der Waals surface area contributed by atoms with Gasteiger partial charge in [-0.3, -0.25) is 0 Å². The molecular weight excluding hydrogens is 202 g/mol. The number of benzene rings is 1. The van der Waals surface area contributed by atoms with Crippen molar-refractivity contribution in [2.75, 3.05) is 0 Å². The Bertz CT molecular complexity index is 412. The van der Waals surface area contributed by atoms with Gasteiger partial charge in [-0.25, -0.2) is 4.55 Å². The van der Waals surface area contributed by atoms with Crippen LogP contribution in [-0.2, 0) is 10.3 Å². The van der Waals surface area contributed by atoms with E-state index in [1.807, 2.05) is 26.0 Å². The molecule has 1 aromatic carbocycles. The summed E-state index contributed by atoms with van der Waals surface area (Å²) in [6, 6.07) is 7.10. The Hall–Kier alpha value is -0.910. The molecule has 0 bridgehead atoms. The van der Waals surface area contributed by atoms with Gasteiger partial charge in [-0.1, -0.05) is 32.0 Å². The summed E-state index contributed by atoms with van der Waals surface area (Å²) in [4.78, 5) is 0. The normalized spacial score (nSPS) is 12.0. The van der Waals surface area contributed by atoms with E-state index in [1.54, 1.807) is 12.1 Å². The van der Waals surface area contributed by atoms with Crippen LogP contribution in [0.2, 0.25) is 0 Å². The Morgan fingerprint density at radius 1 is 1.29 bits per heavy atom. The minimum atomic E-state index is -4.06. The van der Waals surface area contributed by atoms with Gasteiger partial charge in [0.05, 0.1) is 0 Å². The van der Waals surface area contributed by atoms with E-state index < -0.39 is 10.3 Å². The molecule has 0 aliphatic rings. The first-order valence-electron chi connectivity index (χ1n) is 4.31. The molecule has 0 saturated carbocycles. The number of quaternary nitrogens is 1. The van der Waals surface area contributed by atoms with Crippen LogP contribution in [-0.4, -0.2) is 13.0 Å². The summed E-state index contributed by atoms with van der Waals surface area (Å²) in [6.07, 6.45) is 0.